The number of esters is 1. The van der Waals surface area contributed by atoms with Crippen molar-refractivity contribution in [1.29, 1.82) is 0 Å². The van der Waals surface area contributed by atoms with Gasteiger partial charge in [0, 0.05) is 11.9 Å². The molecule has 1 unspecified atom stereocenters. The Morgan fingerprint density at radius 3 is 2.57 bits per heavy atom. The molecular weight excluding hydrogens is 408 g/mol. The number of anilines is 4. The summed E-state index contributed by atoms with van der Waals surface area (Å²) in [5.41, 5.74) is 6.72. The summed E-state index contributed by atoms with van der Waals surface area (Å²) in [7, 11) is -0.468. The number of carbonyl (C=O) groups is 2. The molecule has 1 aromatic heterocycles. The minimum Gasteiger partial charge on any atom is -0.465 e. The summed E-state index contributed by atoms with van der Waals surface area (Å²) in [6, 6.07) is 13.2. The Morgan fingerprint density at radius 2 is 1.87 bits per heavy atom. The highest BCUT2D eigenvalue weighted by molar-refractivity contribution is 7.82. The molecule has 1 amide bonds. The molecule has 0 bridgehead atoms. The van der Waals surface area contributed by atoms with Crippen molar-refractivity contribution in [2.75, 3.05) is 17.7 Å². The van der Waals surface area contributed by atoms with E-state index in [1.807, 2.05) is 0 Å². The maximum atomic E-state index is 11.8. The van der Waals surface area contributed by atoms with Crippen molar-refractivity contribution in [2.45, 2.75) is 4.90 Å². The molecule has 1 atom stereocenters. The van der Waals surface area contributed by atoms with Crippen LogP contribution in [0.15, 0.2) is 59.6 Å². The number of amides is 1. The normalized spacial score (nSPS) is 11.4. The molecule has 6 N–H and O–H groups in total. The molecule has 0 fully saturated rings. The molecule has 0 aliphatic rings. The smallest absolute Gasteiger partial charge is 0.337 e. The number of benzene rings is 2. The summed E-state index contributed by atoms with van der Waals surface area (Å²) in [4.78, 5) is 32.2. The third-order valence-electron chi connectivity index (χ3n) is 3.95. The number of hydrogen-bond acceptors (Lipinski definition) is 8. The van der Waals surface area contributed by atoms with Crippen LogP contribution in [0.1, 0.15) is 20.7 Å². The maximum Gasteiger partial charge on any atom is 0.337 e. The summed E-state index contributed by atoms with van der Waals surface area (Å²) < 4.78 is 16.5. The number of ether oxygens (including phenoxy) is 1. The molecule has 10 nitrogen and oxygen atoms in total. The Hall–Kier alpha value is -3.83. The Balaban J connectivity index is 1.95. The molecule has 0 aliphatic heterocycles. The topological polar surface area (TPSA) is 162 Å². The molecule has 3 rings (SSSR count). The molecule has 1 heterocycles. The number of rotatable bonds is 7. The zero-order valence-electron chi connectivity index (χ0n) is 15.8. The second kappa shape index (κ2) is 9.11. The highest BCUT2D eigenvalue weighted by Crippen LogP contribution is 2.25. The fourth-order valence-electron chi connectivity index (χ4n) is 2.56. The van der Waals surface area contributed by atoms with Gasteiger partial charge in [0.25, 0.3) is 5.91 Å². The van der Waals surface area contributed by atoms with E-state index >= 15 is 0 Å². The van der Waals surface area contributed by atoms with E-state index in [-0.39, 0.29) is 17.3 Å². The number of nitrogens with one attached hydrogen (secondary N) is 2. The van der Waals surface area contributed by atoms with Crippen LogP contribution in [-0.2, 0) is 15.7 Å². The van der Waals surface area contributed by atoms with Crippen LogP contribution in [0.3, 0.4) is 0 Å². The van der Waals surface area contributed by atoms with Crippen LogP contribution in [0.2, 0.25) is 0 Å². The lowest BCUT2D eigenvalue weighted by Gasteiger charge is -2.13. The Labute approximate surface area is 174 Å². The molecule has 0 radical (unpaired) electrons. The van der Waals surface area contributed by atoms with Gasteiger partial charge in [0.1, 0.15) is 22.4 Å². The van der Waals surface area contributed by atoms with Crippen molar-refractivity contribution in [2.24, 2.45) is 10.9 Å². The lowest BCUT2D eigenvalue weighted by Crippen LogP contribution is -2.16. The van der Waals surface area contributed by atoms with Crippen molar-refractivity contribution in [3.05, 3.63) is 65.9 Å². The largest absolute Gasteiger partial charge is 0.465 e. The third kappa shape index (κ3) is 4.77. The van der Waals surface area contributed by atoms with Crippen molar-refractivity contribution in [3.63, 3.8) is 0 Å². The molecule has 0 spiro atoms. The highest BCUT2D eigenvalue weighted by atomic mass is 32.2. The van der Waals surface area contributed by atoms with Crippen molar-refractivity contribution in [3.8, 4) is 0 Å². The molecule has 2 aromatic carbocycles. The van der Waals surface area contributed by atoms with Gasteiger partial charge in [-0.25, -0.2) is 19.1 Å². The molecule has 0 saturated heterocycles. The number of carbonyl (C=O) groups excluding carboxylic acids is 2. The fraction of sp³-hybridized carbons (Fsp3) is 0.0526. The first-order valence-electron chi connectivity index (χ1n) is 8.53. The molecular formula is C19H18N6O4S. The van der Waals surface area contributed by atoms with Gasteiger partial charge >= 0.3 is 5.97 Å². The molecule has 154 valence electrons. The van der Waals surface area contributed by atoms with E-state index in [0.717, 1.165) is 0 Å². The average Bonchev–Trinajstić information content (AvgIpc) is 2.73. The van der Waals surface area contributed by atoms with E-state index in [2.05, 4.69) is 20.6 Å². The number of nitrogens with zero attached hydrogens (tertiary/aromatic N) is 2. The number of hydrogen-bond donors (Lipinski definition) is 4. The van der Waals surface area contributed by atoms with E-state index < -0.39 is 22.9 Å². The number of para-hydroxylation sites is 1. The van der Waals surface area contributed by atoms with Crippen LogP contribution in [0, 0.1) is 0 Å². The van der Waals surface area contributed by atoms with Crippen LogP contribution < -0.4 is 21.5 Å². The summed E-state index contributed by atoms with van der Waals surface area (Å²) in [6.07, 6.45) is 1.26. The quantitative estimate of drug-likeness (QED) is 0.416. The van der Waals surface area contributed by atoms with Gasteiger partial charge in [-0.05, 0) is 30.3 Å². The second-order valence-corrected chi connectivity index (χ2v) is 6.97. The van der Waals surface area contributed by atoms with Crippen LogP contribution >= 0.6 is 0 Å². The van der Waals surface area contributed by atoms with Gasteiger partial charge in [-0.15, -0.1) is 0 Å². The first kappa shape index (κ1) is 20.9. The monoisotopic (exact) mass is 426 g/mol. The van der Waals surface area contributed by atoms with Crippen molar-refractivity contribution < 1.29 is 18.5 Å². The molecule has 30 heavy (non-hydrogen) atoms. The Morgan fingerprint density at radius 1 is 1.10 bits per heavy atom. The maximum absolute atomic E-state index is 11.8. The predicted octanol–water partition coefficient (Wildman–Crippen LogP) is 1.83. The van der Waals surface area contributed by atoms with Crippen LogP contribution in [0.5, 0.6) is 0 Å². The van der Waals surface area contributed by atoms with Crippen molar-refractivity contribution >= 4 is 46.0 Å². The van der Waals surface area contributed by atoms with E-state index in [0.29, 0.717) is 21.8 Å². The summed E-state index contributed by atoms with van der Waals surface area (Å²) >= 11 is 0. The van der Waals surface area contributed by atoms with E-state index in [9.17, 15) is 13.8 Å². The standard InChI is InChI=1S/C19H18N6O4S/c1-29-18(27)11-5-4-6-12(9-11)23-19-22-10-13(16(20)26)17(25-19)24-14-7-2-3-8-15(14)30(21)28/h2-10H,21H2,1H3,(H2,20,26)(H2,22,23,24,25). The second-order valence-electron chi connectivity index (χ2n) is 5.94. The lowest BCUT2D eigenvalue weighted by molar-refractivity contribution is 0.0600. The Bertz CT molecular complexity index is 1140. The SMILES string of the molecule is COC(=O)c1cccc(Nc2ncc(C(N)=O)c(Nc3ccccc3S(N)=O)n2)c1. The van der Waals surface area contributed by atoms with E-state index in [4.69, 9.17) is 15.6 Å². The summed E-state index contributed by atoms with van der Waals surface area (Å²) in [5.74, 6) is -1.00. The first-order valence-corrected chi connectivity index (χ1v) is 9.75. The van der Waals surface area contributed by atoms with Crippen LogP contribution in [-0.4, -0.2) is 33.2 Å². The molecule has 0 saturated carbocycles. The summed E-state index contributed by atoms with van der Waals surface area (Å²) in [6.45, 7) is 0. The average molecular weight is 426 g/mol. The van der Waals surface area contributed by atoms with Gasteiger partial charge in [0.2, 0.25) is 5.95 Å². The zero-order valence-corrected chi connectivity index (χ0v) is 16.6. The van der Waals surface area contributed by atoms with Gasteiger partial charge in [0.05, 0.1) is 23.3 Å². The predicted molar refractivity (Wildman–Crippen MR) is 112 cm³/mol. The van der Waals surface area contributed by atoms with Crippen LogP contribution in [0.25, 0.3) is 0 Å². The van der Waals surface area contributed by atoms with Gasteiger partial charge in [0.15, 0.2) is 0 Å². The zero-order chi connectivity index (χ0) is 21.7. The molecule has 11 heteroatoms. The van der Waals surface area contributed by atoms with E-state index in [1.165, 1.54) is 13.3 Å². The molecule has 0 aliphatic carbocycles. The molecule has 3 aromatic rings. The minimum absolute atomic E-state index is 0.0291. The summed E-state index contributed by atoms with van der Waals surface area (Å²) in [5, 5.41) is 11.4. The number of primary amides is 1. The first-order chi connectivity index (χ1) is 14.4. The van der Waals surface area contributed by atoms with Crippen molar-refractivity contribution in [1.82, 2.24) is 9.97 Å². The number of aromatic nitrogens is 2. The third-order valence-corrected chi connectivity index (χ3v) is 4.74. The fourth-order valence-corrected chi connectivity index (χ4v) is 3.11. The number of methoxy groups -OCH3 is 1. The van der Waals surface area contributed by atoms with Gasteiger partial charge in [-0.3, -0.25) is 4.79 Å². The van der Waals surface area contributed by atoms with Crippen LogP contribution in [0.4, 0.5) is 23.1 Å². The van der Waals surface area contributed by atoms with Gasteiger partial charge in [-0.2, -0.15) is 4.98 Å². The Kier molecular flexibility index (Phi) is 6.35. The van der Waals surface area contributed by atoms with Gasteiger partial charge < -0.3 is 21.1 Å². The van der Waals surface area contributed by atoms with E-state index in [1.54, 1.807) is 48.5 Å². The van der Waals surface area contributed by atoms with Gasteiger partial charge in [-0.1, -0.05) is 18.2 Å². The highest BCUT2D eigenvalue weighted by Gasteiger charge is 2.15. The number of nitrogens with two attached hydrogens (primary N) is 2. The minimum atomic E-state index is -1.76. The lowest BCUT2D eigenvalue weighted by atomic mass is 10.2.